The van der Waals surface area contributed by atoms with Crippen molar-refractivity contribution in [2.75, 3.05) is 44.2 Å². The Hall–Kier alpha value is -3.56. The highest BCUT2D eigenvalue weighted by Gasteiger charge is 2.40. The van der Waals surface area contributed by atoms with Crippen molar-refractivity contribution in [2.45, 2.75) is 25.9 Å². The first kappa shape index (κ1) is 24.8. The van der Waals surface area contributed by atoms with Crippen molar-refractivity contribution in [1.29, 1.82) is 0 Å². The molecule has 6 rings (SSSR count). The number of piperazine rings is 1. The first-order valence-electron chi connectivity index (χ1n) is 13.3. The Kier molecular flexibility index (Phi) is 6.95. The zero-order valence-electron chi connectivity index (χ0n) is 21.3. The molecule has 4 heterocycles. The average molecular weight is 530 g/mol. The minimum Gasteiger partial charge on any atom is -0.371 e. The average Bonchev–Trinajstić information content (AvgIpc) is 3.57. The van der Waals surface area contributed by atoms with Gasteiger partial charge in [0.15, 0.2) is 0 Å². The number of piperidine rings is 1. The maximum absolute atomic E-state index is 13.3. The molecule has 0 atom stereocenters. The topological polar surface area (TPSA) is 77.1 Å². The van der Waals surface area contributed by atoms with Crippen molar-refractivity contribution in [3.05, 3.63) is 81.8 Å². The van der Waals surface area contributed by atoms with Gasteiger partial charge in [0.2, 0.25) is 5.91 Å². The lowest BCUT2D eigenvalue weighted by Gasteiger charge is -2.39. The predicted molar refractivity (Wildman–Crippen MR) is 146 cm³/mol. The molecule has 8 nitrogen and oxygen atoms in total. The number of amides is 3. The number of nitrogens with zero attached hydrogens (tertiary/aromatic N) is 5. The van der Waals surface area contributed by atoms with E-state index >= 15 is 0 Å². The summed E-state index contributed by atoms with van der Waals surface area (Å²) in [4.78, 5) is 51.8. The fourth-order valence-electron chi connectivity index (χ4n) is 5.78. The minimum absolute atomic E-state index is 0.00224. The fraction of sp³-hybridized carbons (Fsp3) is 0.379. The van der Waals surface area contributed by atoms with Gasteiger partial charge in [-0.05, 0) is 30.5 Å². The lowest BCUT2D eigenvalue weighted by Crippen LogP contribution is -2.51. The summed E-state index contributed by atoms with van der Waals surface area (Å²) in [5, 5.41) is 2.58. The highest BCUT2D eigenvalue weighted by Crippen LogP contribution is 2.35. The van der Waals surface area contributed by atoms with E-state index in [-0.39, 0.29) is 30.2 Å². The number of rotatable bonds is 6. The predicted octanol–water partition coefficient (Wildman–Crippen LogP) is 3.50. The van der Waals surface area contributed by atoms with Gasteiger partial charge in [-0.1, -0.05) is 36.4 Å². The van der Waals surface area contributed by atoms with Crippen LogP contribution in [0.3, 0.4) is 0 Å². The number of hydrogen-bond acceptors (Lipinski definition) is 7. The van der Waals surface area contributed by atoms with Crippen LogP contribution in [0, 0.1) is 5.92 Å². The highest BCUT2D eigenvalue weighted by molar-refractivity contribution is 7.09. The van der Waals surface area contributed by atoms with E-state index in [1.165, 1.54) is 21.8 Å². The number of fused-ring (bicyclic) bond motifs is 1. The van der Waals surface area contributed by atoms with Crippen molar-refractivity contribution in [1.82, 2.24) is 19.7 Å². The largest absolute Gasteiger partial charge is 0.371 e. The summed E-state index contributed by atoms with van der Waals surface area (Å²) in [6.45, 7) is 5.81. The van der Waals surface area contributed by atoms with Gasteiger partial charge in [0.1, 0.15) is 5.01 Å². The van der Waals surface area contributed by atoms with E-state index in [4.69, 9.17) is 0 Å². The maximum Gasteiger partial charge on any atom is 0.264 e. The quantitative estimate of drug-likeness (QED) is 0.455. The van der Waals surface area contributed by atoms with E-state index < -0.39 is 0 Å². The molecule has 38 heavy (non-hydrogen) atoms. The molecule has 2 saturated heterocycles. The van der Waals surface area contributed by atoms with E-state index in [0.717, 1.165) is 56.3 Å². The van der Waals surface area contributed by atoms with Gasteiger partial charge in [-0.25, -0.2) is 4.98 Å². The second-order valence-corrected chi connectivity index (χ2v) is 11.1. The van der Waals surface area contributed by atoms with Crippen molar-refractivity contribution < 1.29 is 14.4 Å². The number of aromatic nitrogens is 1. The number of benzene rings is 2. The van der Waals surface area contributed by atoms with E-state index in [2.05, 4.69) is 39.0 Å². The third-order valence-corrected chi connectivity index (χ3v) is 8.64. The third kappa shape index (κ3) is 4.83. The van der Waals surface area contributed by atoms with Crippen LogP contribution >= 0.6 is 11.3 Å². The van der Waals surface area contributed by atoms with Crippen LogP contribution in [0.5, 0.6) is 0 Å². The van der Waals surface area contributed by atoms with Crippen molar-refractivity contribution in [3.63, 3.8) is 0 Å². The molecule has 2 fully saturated rings. The molecule has 0 saturated carbocycles. The molecular weight excluding hydrogens is 498 g/mol. The zero-order chi connectivity index (χ0) is 26.1. The third-order valence-electron chi connectivity index (χ3n) is 7.87. The number of thiazole rings is 1. The minimum atomic E-state index is -0.265. The van der Waals surface area contributed by atoms with Crippen LogP contribution in [0.15, 0.2) is 60.1 Å². The maximum atomic E-state index is 13.3. The van der Waals surface area contributed by atoms with Gasteiger partial charge in [0.25, 0.3) is 11.8 Å². The van der Waals surface area contributed by atoms with Crippen LogP contribution in [0.2, 0.25) is 0 Å². The number of carbonyl (C=O) groups is 3. The first-order valence-corrected chi connectivity index (χ1v) is 14.1. The van der Waals surface area contributed by atoms with Crippen LogP contribution in [-0.2, 0) is 17.9 Å². The van der Waals surface area contributed by atoms with Crippen LogP contribution < -0.4 is 4.90 Å². The fourth-order valence-corrected chi connectivity index (χ4v) is 6.39. The SMILES string of the molecule is O=C(C1CCN(c2cccc3c2C(=O)N(Cc2nccs2)C3=O)CC1)N1CCN(Cc2ccccc2)CC1. The van der Waals surface area contributed by atoms with Gasteiger partial charge >= 0.3 is 0 Å². The number of carbonyl (C=O) groups excluding carboxylic acids is 3. The van der Waals surface area contributed by atoms with E-state index in [9.17, 15) is 14.4 Å². The summed E-state index contributed by atoms with van der Waals surface area (Å²) in [5.74, 6) is -0.272. The molecule has 196 valence electrons. The molecule has 2 aromatic carbocycles. The molecule has 3 aromatic rings. The zero-order valence-corrected chi connectivity index (χ0v) is 22.1. The molecule has 0 unspecified atom stereocenters. The summed E-state index contributed by atoms with van der Waals surface area (Å²) in [7, 11) is 0. The van der Waals surface area contributed by atoms with Gasteiger partial charge in [0, 0.05) is 63.3 Å². The van der Waals surface area contributed by atoms with Crippen LogP contribution in [-0.4, -0.2) is 76.7 Å². The molecule has 9 heteroatoms. The molecule has 3 aliphatic heterocycles. The van der Waals surface area contributed by atoms with Crippen molar-refractivity contribution >= 4 is 34.7 Å². The summed E-state index contributed by atoms with van der Waals surface area (Å²) < 4.78 is 0. The lowest BCUT2D eigenvalue weighted by molar-refractivity contribution is -0.138. The molecular formula is C29H31N5O3S. The summed E-state index contributed by atoms with van der Waals surface area (Å²) in [6, 6.07) is 16.0. The molecule has 3 aliphatic rings. The normalized spacial score (nSPS) is 18.8. The first-order chi connectivity index (χ1) is 18.6. The molecule has 0 spiro atoms. The Labute approximate surface area is 226 Å². The van der Waals surface area contributed by atoms with Gasteiger partial charge in [0.05, 0.1) is 23.4 Å². The molecule has 0 radical (unpaired) electrons. The number of anilines is 1. The Balaban J connectivity index is 1.06. The second-order valence-electron chi connectivity index (χ2n) is 10.2. The number of imide groups is 1. The van der Waals surface area contributed by atoms with Crippen LogP contribution in [0.25, 0.3) is 0 Å². The van der Waals surface area contributed by atoms with Crippen LogP contribution in [0.4, 0.5) is 5.69 Å². The Morgan fingerprint density at radius 1 is 0.868 bits per heavy atom. The van der Waals surface area contributed by atoms with Gasteiger partial charge in [-0.2, -0.15) is 0 Å². The monoisotopic (exact) mass is 529 g/mol. The lowest BCUT2D eigenvalue weighted by atomic mass is 9.93. The van der Waals surface area contributed by atoms with Crippen molar-refractivity contribution in [2.24, 2.45) is 5.92 Å². The highest BCUT2D eigenvalue weighted by atomic mass is 32.1. The number of hydrogen-bond donors (Lipinski definition) is 0. The molecule has 1 aromatic heterocycles. The summed E-state index contributed by atoms with van der Waals surface area (Å²) in [5.41, 5.74) is 3.03. The van der Waals surface area contributed by atoms with E-state index in [1.54, 1.807) is 12.3 Å². The Morgan fingerprint density at radius 3 is 2.34 bits per heavy atom. The van der Waals surface area contributed by atoms with Gasteiger partial charge < -0.3 is 9.80 Å². The van der Waals surface area contributed by atoms with Crippen molar-refractivity contribution in [3.8, 4) is 0 Å². The molecule has 0 N–H and O–H groups in total. The van der Waals surface area contributed by atoms with Crippen LogP contribution in [0.1, 0.15) is 44.1 Å². The standard InChI is InChI=1S/C29H31N5O3S/c35-27(33-16-14-31(15-17-33)19-21-5-2-1-3-6-21)22-9-12-32(13-10-22)24-8-4-7-23-26(24)29(37)34(28(23)36)20-25-30-11-18-38-25/h1-8,11,18,22H,9-10,12-17,19-20H2. The Bertz CT molecular complexity index is 1310. The van der Waals surface area contributed by atoms with E-state index in [0.29, 0.717) is 24.2 Å². The van der Waals surface area contributed by atoms with Gasteiger partial charge in [-0.15, -0.1) is 11.3 Å². The summed E-state index contributed by atoms with van der Waals surface area (Å²) >= 11 is 1.43. The summed E-state index contributed by atoms with van der Waals surface area (Å²) in [6.07, 6.45) is 3.18. The molecule has 3 amide bonds. The second kappa shape index (κ2) is 10.7. The Morgan fingerprint density at radius 2 is 1.63 bits per heavy atom. The van der Waals surface area contributed by atoms with Gasteiger partial charge in [-0.3, -0.25) is 24.2 Å². The molecule has 0 bridgehead atoms. The van der Waals surface area contributed by atoms with E-state index in [1.807, 2.05) is 28.5 Å². The smallest absolute Gasteiger partial charge is 0.264 e. The molecule has 0 aliphatic carbocycles.